The molecule has 0 spiro atoms. The van der Waals surface area contributed by atoms with Crippen molar-refractivity contribution in [1.82, 2.24) is 10.6 Å². The second kappa shape index (κ2) is 6.77. The molecule has 0 aromatic heterocycles. The molecule has 1 amide bonds. The fourth-order valence-corrected chi connectivity index (χ4v) is 1.89. The molecule has 1 rings (SSSR count). The van der Waals surface area contributed by atoms with E-state index in [0.29, 0.717) is 6.54 Å². The highest BCUT2D eigenvalue weighted by atomic mass is 79.9. The average molecular weight is 299 g/mol. The third-order valence-corrected chi connectivity index (χ3v) is 3.14. The van der Waals surface area contributed by atoms with Gasteiger partial charge in [0.05, 0.1) is 6.04 Å². The lowest BCUT2D eigenvalue weighted by Gasteiger charge is -2.19. The molecule has 94 valence electrons. The van der Waals surface area contributed by atoms with Crippen LogP contribution in [0.5, 0.6) is 0 Å². The molecule has 1 aromatic rings. The Morgan fingerprint density at radius 1 is 1.29 bits per heavy atom. The average Bonchev–Trinajstić information content (AvgIpc) is 2.30. The lowest BCUT2D eigenvalue weighted by Crippen LogP contribution is -2.42. The van der Waals surface area contributed by atoms with Gasteiger partial charge in [-0.1, -0.05) is 28.1 Å². The molecule has 2 atom stereocenters. The first-order chi connectivity index (χ1) is 8.04. The molecule has 0 aliphatic rings. The van der Waals surface area contributed by atoms with Crippen molar-refractivity contribution < 1.29 is 4.79 Å². The van der Waals surface area contributed by atoms with Crippen LogP contribution < -0.4 is 10.6 Å². The minimum atomic E-state index is -0.186. The summed E-state index contributed by atoms with van der Waals surface area (Å²) in [6.45, 7) is 6.51. The first-order valence-electron chi connectivity index (χ1n) is 5.83. The molecule has 0 aliphatic carbocycles. The van der Waals surface area contributed by atoms with Gasteiger partial charge in [-0.15, -0.1) is 0 Å². The lowest BCUT2D eigenvalue weighted by atomic mass is 10.1. The van der Waals surface area contributed by atoms with Crippen molar-refractivity contribution in [2.75, 3.05) is 6.54 Å². The highest BCUT2D eigenvalue weighted by Crippen LogP contribution is 2.16. The van der Waals surface area contributed by atoms with Crippen molar-refractivity contribution >= 4 is 21.8 Å². The molecule has 1 aromatic carbocycles. The summed E-state index contributed by atoms with van der Waals surface area (Å²) in [6, 6.07) is 8.07. The van der Waals surface area contributed by atoms with Crippen LogP contribution in [0.1, 0.15) is 32.4 Å². The summed E-state index contributed by atoms with van der Waals surface area (Å²) in [5.74, 6) is 0.0384. The van der Waals surface area contributed by atoms with Gasteiger partial charge in [-0.3, -0.25) is 10.1 Å². The number of carbonyl (C=O) groups excluding carboxylic acids is 1. The second-order valence-electron chi connectivity index (χ2n) is 4.06. The minimum absolute atomic E-state index is 0.0384. The van der Waals surface area contributed by atoms with E-state index >= 15 is 0 Å². The van der Waals surface area contributed by atoms with Crippen molar-refractivity contribution in [2.45, 2.75) is 32.9 Å². The first-order valence-corrected chi connectivity index (χ1v) is 6.63. The first kappa shape index (κ1) is 14.2. The van der Waals surface area contributed by atoms with Crippen LogP contribution in [0.4, 0.5) is 0 Å². The maximum absolute atomic E-state index is 11.6. The van der Waals surface area contributed by atoms with Crippen LogP contribution in [-0.2, 0) is 4.79 Å². The fourth-order valence-electron chi connectivity index (χ4n) is 1.63. The number of hydrogen-bond acceptors (Lipinski definition) is 2. The number of carbonyl (C=O) groups is 1. The SMILES string of the molecule is CCNC(=O)C(C)NC(C)c1ccc(Br)cc1. The summed E-state index contributed by atoms with van der Waals surface area (Å²) in [5.41, 5.74) is 1.17. The van der Waals surface area contributed by atoms with Gasteiger partial charge in [0.25, 0.3) is 0 Å². The van der Waals surface area contributed by atoms with Crippen molar-refractivity contribution in [3.05, 3.63) is 34.3 Å². The molecule has 0 saturated carbocycles. The molecule has 4 heteroatoms. The number of likely N-dealkylation sites (N-methyl/N-ethyl adjacent to an activating group) is 1. The second-order valence-corrected chi connectivity index (χ2v) is 4.97. The van der Waals surface area contributed by atoms with E-state index in [-0.39, 0.29) is 18.0 Å². The Balaban J connectivity index is 2.56. The van der Waals surface area contributed by atoms with E-state index in [1.165, 1.54) is 5.56 Å². The summed E-state index contributed by atoms with van der Waals surface area (Å²) < 4.78 is 1.06. The van der Waals surface area contributed by atoms with E-state index in [1.54, 1.807) is 0 Å². The zero-order valence-corrected chi connectivity index (χ0v) is 12.0. The van der Waals surface area contributed by atoms with E-state index in [4.69, 9.17) is 0 Å². The molecule has 0 radical (unpaired) electrons. The van der Waals surface area contributed by atoms with Gasteiger partial charge >= 0.3 is 0 Å². The molecular formula is C13H19BrN2O. The molecule has 2 N–H and O–H groups in total. The molecule has 0 heterocycles. The molecule has 2 unspecified atom stereocenters. The maximum atomic E-state index is 11.6. The Bertz CT molecular complexity index is 364. The molecule has 0 bridgehead atoms. The summed E-state index contributed by atoms with van der Waals surface area (Å²) in [5, 5.41) is 6.08. The van der Waals surface area contributed by atoms with Gasteiger partial charge in [0.1, 0.15) is 0 Å². The Morgan fingerprint density at radius 2 is 1.88 bits per heavy atom. The highest BCUT2D eigenvalue weighted by molar-refractivity contribution is 9.10. The summed E-state index contributed by atoms with van der Waals surface area (Å²) in [7, 11) is 0. The smallest absolute Gasteiger partial charge is 0.236 e. The van der Waals surface area contributed by atoms with Crippen LogP contribution in [0.25, 0.3) is 0 Å². The lowest BCUT2D eigenvalue weighted by molar-refractivity contribution is -0.122. The molecule has 3 nitrogen and oxygen atoms in total. The maximum Gasteiger partial charge on any atom is 0.236 e. The Labute approximate surface area is 111 Å². The summed E-state index contributed by atoms with van der Waals surface area (Å²) >= 11 is 3.40. The van der Waals surface area contributed by atoms with Crippen molar-refractivity contribution in [3.63, 3.8) is 0 Å². The van der Waals surface area contributed by atoms with Gasteiger partial charge in [0.15, 0.2) is 0 Å². The normalized spacial score (nSPS) is 14.1. The van der Waals surface area contributed by atoms with E-state index in [0.717, 1.165) is 4.47 Å². The van der Waals surface area contributed by atoms with Crippen LogP contribution in [0.15, 0.2) is 28.7 Å². The van der Waals surface area contributed by atoms with Gasteiger partial charge in [-0.25, -0.2) is 0 Å². The summed E-state index contributed by atoms with van der Waals surface area (Å²) in [6.07, 6.45) is 0. The largest absolute Gasteiger partial charge is 0.355 e. The topological polar surface area (TPSA) is 41.1 Å². The number of rotatable bonds is 5. The third kappa shape index (κ3) is 4.48. The van der Waals surface area contributed by atoms with Crippen molar-refractivity contribution in [1.29, 1.82) is 0 Å². The van der Waals surface area contributed by atoms with Crippen LogP contribution in [-0.4, -0.2) is 18.5 Å². The van der Waals surface area contributed by atoms with Crippen molar-refractivity contribution in [2.24, 2.45) is 0 Å². The monoisotopic (exact) mass is 298 g/mol. The van der Waals surface area contributed by atoms with Gasteiger partial charge < -0.3 is 5.32 Å². The highest BCUT2D eigenvalue weighted by Gasteiger charge is 2.15. The number of amides is 1. The van der Waals surface area contributed by atoms with Crippen molar-refractivity contribution in [3.8, 4) is 0 Å². The van der Waals surface area contributed by atoms with E-state index in [1.807, 2.05) is 38.1 Å². The molecule has 17 heavy (non-hydrogen) atoms. The number of halogens is 1. The minimum Gasteiger partial charge on any atom is -0.355 e. The Kier molecular flexibility index (Phi) is 5.65. The zero-order chi connectivity index (χ0) is 12.8. The van der Waals surface area contributed by atoms with E-state index < -0.39 is 0 Å². The Hall–Kier alpha value is -0.870. The predicted octanol–water partition coefficient (Wildman–Crippen LogP) is 2.62. The Morgan fingerprint density at radius 3 is 2.41 bits per heavy atom. The van der Waals surface area contributed by atoms with Gasteiger partial charge in [0, 0.05) is 17.1 Å². The van der Waals surface area contributed by atoms with E-state index in [9.17, 15) is 4.79 Å². The number of nitrogens with one attached hydrogen (secondary N) is 2. The van der Waals surface area contributed by atoms with Crippen LogP contribution in [0, 0.1) is 0 Å². The molecule has 0 aliphatic heterocycles. The van der Waals surface area contributed by atoms with Gasteiger partial charge in [-0.2, -0.15) is 0 Å². The van der Waals surface area contributed by atoms with Crippen LogP contribution in [0.2, 0.25) is 0 Å². The molecule has 0 saturated heterocycles. The predicted molar refractivity (Wildman–Crippen MR) is 73.8 cm³/mol. The zero-order valence-electron chi connectivity index (χ0n) is 10.5. The quantitative estimate of drug-likeness (QED) is 0.877. The van der Waals surface area contributed by atoms with Gasteiger partial charge in [0.2, 0.25) is 5.91 Å². The number of benzene rings is 1. The van der Waals surface area contributed by atoms with E-state index in [2.05, 4.69) is 33.5 Å². The van der Waals surface area contributed by atoms with Crippen LogP contribution >= 0.6 is 15.9 Å². The molecular weight excluding hydrogens is 280 g/mol. The van der Waals surface area contributed by atoms with Crippen LogP contribution in [0.3, 0.4) is 0 Å². The third-order valence-electron chi connectivity index (χ3n) is 2.61. The molecule has 0 fully saturated rings. The van der Waals surface area contributed by atoms with Gasteiger partial charge in [-0.05, 0) is 38.5 Å². The summed E-state index contributed by atoms with van der Waals surface area (Å²) in [4.78, 5) is 11.6. The fraction of sp³-hybridized carbons (Fsp3) is 0.462. The standard InChI is InChI=1S/C13H19BrN2O/c1-4-15-13(17)10(3)16-9(2)11-5-7-12(14)8-6-11/h5-10,16H,4H2,1-3H3,(H,15,17). The number of hydrogen-bond donors (Lipinski definition) is 2.